The maximum absolute atomic E-state index is 11.3. The lowest BCUT2D eigenvalue weighted by atomic mass is 10.1. The highest BCUT2D eigenvalue weighted by Gasteiger charge is 2.20. The van der Waals surface area contributed by atoms with Crippen molar-refractivity contribution in [3.8, 4) is 12.3 Å². The number of hydrogen-bond donors (Lipinski definition) is 2. The van der Waals surface area contributed by atoms with Crippen LogP contribution in [-0.4, -0.2) is 43.0 Å². The Labute approximate surface area is 110 Å². The van der Waals surface area contributed by atoms with Crippen LogP contribution >= 0.6 is 24.8 Å². The van der Waals surface area contributed by atoms with Crippen molar-refractivity contribution < 1.29 is 4.79 Å². The molecule has 0 spiro atoms. The molecular weight excluding hydrogens is 249 g/mol. The standard InChI is InChI=1S/C10H19N3O.2ClH/c1-5-7-13(4)8-6-12-9(14)10(2,3)11;;/h1H,6-8,11H2,2-4H3,(H,12,14);2*1H. The second kappa shape index (κ2) is 9.73. The lowest BCUT2D eigenvalue weighted by molar-refractivity contribution is -0.125. The molecule has 0 atom stereocenters. The number of rotatable bonds is 5. The van der Waals surface area contributed by atoms with Crippen LogP contribution in [0.4, 0.5) is 0 Å². The molecule has 0 aromatic heterocycles. The van der Waals surface area contributed by atoms with Crippen molar-refractivity contribution in [1.82, 2.24) is 10.2 Å². The van der Waals surface area contributed by atoms with Crippen LogP contribution in [0.5, 0.6) is 0 Å². The van der Waals surface area contributed by atoms with Gasteiger partial charge in [0.05, 0.1) is 12.1 Å². The van der Waals surface area contributed by atoms with E-state index < -0.39 is 5.54 Å². The minimum absolute atomic E-state index is 0. The molecule has 0 aliphatic carbocycles. The van der Waals surface area contributed by atoms with Crippen molar-refractivity contribution in [1.29, 1.82) is 0 Å². The molecule has 1 amide bonds. The fourth-order valence-corrected chi connectivity index (χ4v) is 0.823. The minimum Gasteiger partial charge on any atom is -0.353 e. The molecule has 0 aromatic carbocycles. The Morgan fingerprint density at radius 1 is 1.50 bits per heavy atom. The molecule has 96 valence electrons. The molecule has 3 N–H and O–H groups in total. The highest BCUT2D eigenvalue weighted by molar-refractivity contribution is 5.85. The fraction of sp³-hybridized carbons (Fsp3) is 0.700. The van der Waals surface area contributed by atoms with Gasteiger partial charge in [0.25, 0.3) is 0 Å². The number of likely N-dealkylation sites (N-methyl/N-ethyl adjacent to an activating group) is 1. The van der Waals surface area contributed by atoms with Crippen LogP contribution in [0.3, 0.4) is 0 Å². The summed E-state index contributed by atoms with van der Waals surface area (Å²) < 4.78 is 0. The first kappa shape index (κ1) is 20.9. The number of halogens is 2. The van der Waals surface area contributed by atoms with E-state index in [1.165, 1.54) is 0 Å². The molecule has 0 unspecified atom stereocenters. The Morgan fingerprint density at radius 3 is 2.38 bits per heavy atom. The number of hydrogen-bond acceptors (Lipinski definition) is 3. The van der Waals surface area contributed by atoms with Gasteiger partial charge in [-0.05, 0) is 20.9 Å². The van der Waals surface area contributed by atoms with E-state index in [9.17, 15) is 4.79 Å². The summed E-state index contributed by atoms with van der Waals surface area (Å²) in [6, 6.07) is 0. The van der Waals surface area contributed by atoms with Crippen molar-refractivity contribution >= 4 is 30.7 Å². The maximum Gasteiger partial charge on any atom is 0.239 e. The van der Waals surface area contributed by atoms with Gasteiger partial charge in [-0.25, -0.2) is 0 Å². The summed E-state index contributed by atoms with van der Waals surface area (Å²) in [5, 5.41) is 2.74. The van der Waals surface area contributed by atoms with Gasteiger partial charge in [0.1, 0.15) is 0 Å². The third kappa shape index (κ3) is 10.1. The van der Waals surface area contributed by atoms with E-state index in [0.29, 0.717) is 13.1 Å². The number of terminal acetylenes is 1. The first-order valence-corrected chi connectivity index (χ1v) is 4.57. The molecule has 0 aliphatic heterocycles. The van der Waals surface area contributed by atoms with Gasteiger partial charge in [-0.3, -0.25) is 9.69 Å². The Balaban J connectivity index is -0.000000845. The summed E-state index contributed by atoms with van der Waals surface area (Å²) in [7, 11) is 1.90. The first-order chi connectivity index (χ1) is 6.38. The van der Waals surface area contributed by atoms with Gasteiger partial charge in [0.15, 0.2) is 0 Å². The van der Waals surface area contributed by atoms with Gasteiger partial charge in [-0.15, -0.1) is 31.2 Å². The molecule has 0 bridgehead atoms. The molecule has 0 fully saturated rings. The van der Waals surface area contributed by atoms with E-state index in [1.54, 1.807) is 13.8 Å². The molecule has 0 saturated carbocycles. The molecular formula is C10H21Cl2N3O. The van der Waals surface area contributed by atoms with Crippen LogP contribution < -0.4 is 11.1 Å². The van der Waals surface area contributed by atoms with Gasteiger partial charge in [0.2, 0.25) is 5.91 Å². The molecule has 0 heterocycles. The Bertz CT molecular complexity index is 233. The van der Waals surface area contributed by atoms with E-state index in [0.717, 1.165) is 6.54 Å². The number of nitrogens with one attached hydrogen (secondary N) is 1. The smallest absolute Gasteiger partial charge is 0.239 e. The zero-order valence-corrected chi connectivity index (χ0v) is 11.6. The molecule has 0 aliphatic rings. The monoisotopic (exact) mass is 269 g/mol. The number of nitrogens with two attached hydrogens (primary N) is 1. The van der Waals surface area contributed by atoms with Gasteiger partial charge >= 0.3 is 0 Å². The van der Waals surface area contributed by atoms with Crippen molar-refractivity contribution in [2.45, 2.75) is 19.4 Å². The van der Waals surface area contributed by atoms with Crippen molar-refractivity contribution in [3.63, 3.8) is 0 Å². The average molecular weight is 270 g/mol. The van der Waals surface area contributed by atoms with Crippen molar-refractivity contribution in [3.05, 3.63) is 0 Å². The van der Waals surface area contributed by atoms with Gasteiger partial charge in [0, 0.05) is 13.1 Å². The summed E-state index contributed by atoms with van der Waals surface area (Å²) >= 11 is 0. The minimum atomic E-state index is -0.815. The molecule has 0 rings (SSSR count). The molecule has 0 aromatic rings. The van der Waals surface area contributed by atoms with E-state index in [1.807, 2.05) is 11.9 Å². The van der Waals surface area contributed by atoms with E-state index in [4.69, 9.17) is 12.2 Å². The quantitative estimate of drug-likeness (QED) is 0.704. The van der Waals surface area contributed by atoms with E-state index >= 15 is 0 Å². The summed E-state index contributed by atoms with van der Waals surface area (Å²) in [5.74, 6) is 2.38. The van der Waals surface area contributed by atoms with Crippen molar-refractivity contribution in [2.75, 3.05) is 26.7 Å². The lowest BCUT2D eigenvalue weighted by Crippen LogP contribution is -2.50. The van der Waals surface area contributed by atoms with Gasteiger partial charge < -0.3 is 11.1 Å². The molecule has 16 heavy (non-hydrogen) atoms. The number of carbonyl (C=O) groups is 1. The first-order valence-electron chi connectivity index (χ1n) is 4.57. The summed E-state index contributed by atoms with van der Waals surface area (Å²) in [4.78, 5) is 13.3. The molecule has 0 radical (unpaired) electrons. The summed E-state index contributed by atoms with van der Waals surface area (Å²) in [6.07, 6.45) is 5.13. The van der Waals surface area contributed by atoms with Crippen LogP contribution in [0.15, 0.2) is 0 Å². The molecule has 6 heteroatoms. The topological polar surface area (TPSA) is 58.4 Å². The predicted octanol–water partition coefficient (Wildman–Crippen LogP) is 0.248. The lowest BCUT2D eigenvalue weighted by Gasteiger charge is -2.19. The number of amides is 1. The fourth-order valence-electron chi connectivity index (χ4n) is 0.823. The summed E-state index contributed by atoms with van der Waals surface area (Å²) in [5.41, 5.74) is 4.78. The van der Waals surface area contributed by atoms with Crippen LogP contribution in [0.25, 0.3) is 0 Å². The number of nitrogens with zero attached hydrogens (tertiary/aromatic N) is 1. The van der Waals surface area contributed by atoms with Crippen LogP contribution in [0.2, 0.25) is 0 Å². The Hall–Kier alpha value is -0.470. The number of carbonyl (C=O) groups excluding carboxylic acids is 1. The molecule has 4 nitrogen and oxygen atoms in total. The highest BCUT2D eigenvalue weighted by atomic mass is 35.5. The third-order valence-electron chi connectivity index (χ3n) is 1.73. The maximum atomic E-state index is 11.3. The highest BCUT2D eigenvalue weighted by Crippen LogP contribution is 1.94. The van der Waals surface area contributed by atoms with Gasteiger partial charge in [-0.1, -0.05) is 5.92 Å². The zero-order valence-electron chi connectivity index (χ0n) is 9.95. The average Bonchev–Trinajstić information content (AvgIpc) is 2.02. The normalized spacial score (nSPS) is 9.75. The van der Waals surface area contributed by atoms with Crippen LogP contribution in [-0.2, 0) is 4.79 Å². The van der Waals surface area contributed by atoms with E-state index in [2.05, 4.69) is 11.2 Å². The second-order valence-corrected chi connectivity index (χ2v) is 3.92. The van der Waals surface area contributed by atoms with Crippen LogP contribution in [0, 0.1) is 12.3 Å². The van der Waals surface area contributed by atoms with Gasteiger partial charge in [-0.2, -0.15) is 0 Å². The second-order valence-electron chi connectivity index (χ2n) is 3.92. The Kier molecular flexibility index (Phi) is 12.7. The predicted molar refractivity (Wildman–Crippen MR) is 72.1 cm³/mol. The van der Waals surface area contributed by atoms with Crippen molar-refractivity contribution in [2.24, 2.45) is 5.73 Å². The third-order valence-corrected chi connectivity index (χ3v) is 1.73. The Morgan fingerprint density at radius 2 is 2.00 bits per heavy atom. The van der Waals surface area contributed by atoms with Crippen LogP contribution in [0.1, 0.15) is 13.8 Å². The largest absolute Gasteiger partial charge is 0.353 e. The SMILES string of the molecule is C#CCN(C)CCNC(=O)C(C)(C)N.Cl.Cl. The summed E-state index contributed by atoms with van der Waals surface area (Å²) in [6.45, 7) is 5.23. The van der Waals surface area contributed by atoms with E-state index in [-0.39, 0.29) is 30.7 Å². The molecule has 0 saturated heterocycles. The zero-order chi connectivity index (χ0) is 11.2.